The van der Waals surface area contributed by atoms with Crippen molar-refractivity contribution in [2.24, 2.45) is 0 Å². The number of Topliss-reactive ketones (excluding diaryl/α,β-unsaturated/α-hetero) is 1. The summed E-state index contributed by atoms with van der Waals surface area (Å²) in [5.74, 6) is 0.0498. The van der Waals surface area contributed by atoms with E-state index in [0.717, 1.165) is 5.56 Å². The largest absolute Gasteiger partial charge is 0.487 e. The molecule has 0 aliphatic carbocycles. The fourth-order valence-corrected chi connectivity index (χ4v) is 2.65. The van der Waals surface area contributed by atoms with Gasteiger partial charge in [0.2, 0.25) is 5.56 Å². The second-order valence-corrected chi connectivity index (χ2v) is 6.26. The van der Waals surface area contributed by atoms with E-state index in [2.05, 4.69) is 4.98 Å². The van der Waals surface area contributed by atoms with E-state index < -0.39 is 10.6 Å². The fraction of sp³-hybridized carbons (Fsp3) is 0.111. The average molecular weight is 362 g/mol. The molecule has 0 bridgehead atoms. The van der Waals surface area contributed by atoms with Gasteiger partial charge < -0.3 is 9.72 Å². The molecule has 0 saturated carbocycles. The van der Waals surface area contributed by atoms with Gasteiger partial charge in [0.1, 0.15) is 12.4 Å². The zero-order valence-corrected chi connectivity index (χ0v) is 14.0. The SMILES string of the molecule is O=C(c1ccc(OCc2ccccc2)c2[nH]c(=O)ccc12)C(Cl)Cl. The van der Waals surface area contributed by atoms with E-state index in [0.29, 0.717) is 28.8 Å². The number of fused-ring (bicyclic) bond motifs is 1. The highest BCUT2D eigenvalue weighted by atomic mass is 35.5. The molecule has 0 aliphatic rings. The molecule has 0 amide bonds. The first-order valence-corrected chi connectivity index (χ1v) is 8.08. The predicted molar refractivity (Wildman–Crippen MR) is 95.2 cm³/mol. The smallest absolute Gasteiger partial charge is 0.248 e. The number of carbonyl (C=O) groups excluding carboxylic acids is 1. The van der Waals surface area contributed by atoms with Crippen LogP contribution in [0.4, 0.5) is 0 Å². The van der Waals surface area contributed by atoms with Crippen LogP contribution in [-0.4, -0.2) is 15.6 Å². The molecule has 0 fully saturated rings. The number of hydrogen-bond acceptors (Lipinski definition) is 3. The monoisotopic (exact) mass is 361 g/mol. The number of nitrogens with one attached hydrogen (secondary N) is 1. The van der Waals surface area contributed by atoms with Crippen LogP contribution in [0.1, 0.15) is 15.9 Å². The summed E-state index contributed by atoms with van der Waals surface area (Å²) in [5.41, 5.74) is 1.48. The maximum Gasteiger partial charge on any atom is 0.248 e. The number of alkyl halides is 2. The van der Waals surface area contributed by atoms with Gasteiger partial charge in [-0.05, 0) is 23.8 Å². The van der Waals surface area contributed by atoms with Crippen LogP contribution in [0.2, 0.25) is 0 Å². The number of hydrogen-bond donors (Lipinski definition) is 1. The molecule has 122 valence electrons. The van der Waals surface area contributed by atoms with Crippen LogP contribution in [-0.2, 0) is 6.61 Å². The van der Waals surface area contributed by atoms with Gasteiger partial charge in [-0.2, -0.15) is 0 Å². The van der Waals surface area contributed by atoms with Crippen molar-refractivity contribution in [2.45, 2.75) is 11.4 Å². The van der Waals surface area contributed by atoms with E-state index in [1.807, 2.05) is 30.3 Å². The molecule has 1 heterocycles. The standard InChI is InChI=1S/C18H13Cl2NO3/c19-18(20)17(23)13-6-8-14(16-12(13)7-9-15(22)21-16)24-10-11-4-2-1-3-5-11/h1-9,18H,10H2,(H,21,22). The topological polar surface area (TPSA) is 59.2 Å². The van der Waals surface area contributed by atoms with Gasteiger partial charge in [-0.25, -0.2) is 0 Å². The molecular weight excluding hydrogens is 349 g/mol. The number of rotatable bonds is 5. The van der Waals surface area contributed by atoms with Crippen molar-refractivity contribution >= 4 is 39.9 Å². The molecule has 0 aliphatic heterocycles. The molecule has 2 aromatic carbocycles. The van der Waals surface area contributed by atoms with Crippen molar-refractivity contribution < 1.29 is 9.53 Å². The van der Waals surface area contributed by atoms with Crippen LogP contribution in [0, 0.1) is 0 Å². The lowest BCUT2D eigenvalue weighted by atomic mass is 10.0. The van der Waals surface area contributed by atoms with E-state index in [1.165, 1.54) is 6.07 Å². The van der Waals surface area contributed by atoms with Crippen molar-refractivity contribution in [3.8, 4) is 5.75 Å². The zero-order chi connectivity index (χ0) is 17.1. The van der Waals surface area contributed by atoms with E-state index in [4.69, 9.17) is 27.9 Å². The number of benzene rings is 2. The lowest BCUT2D eigenvalue weighted by molar-refractivity contribution is 0.101. The molecule has 3 rings (SSSR count). The van der Waals surface area contributed by atoms with Crippen LogP contribution in [0.3, 0.4) is 0 Å². The molecule has 0 saturated heterocycles. The fourth-order valence-electron chi connectivity index (χ4n) is 2.41. The molecule has 1 aromatic heterocycles. The summed E-state index contributed by atoms with van der Waals surface area (Å²) in [4.78, 5) is 25.4. The Hall–Kier alpha value is -2.30. The van der Waals surface area contributed by atoms with Crippen LogP contribution in [0.5, 0.6) is 5.75 Å². The van der Waals surface area contributed by atoms with Gasteiger partial charge in [-0.3, -0.25) is 9.59 Å². The lowest BCUT2D eigenvalue weighted by Gasteiger charge is -2.12. The molecule has 0 unspecified atom stereocenters. The summed E-state index contributed by atoms with van der Waals surface area (Å²) in [6.07, 6.45) is 0. The highest BCUT2D eigenvalue weighted by Gasteiger charge is 2.19. The molecule has 3 aromatic rings. The second-order valence-electron chi connectivity index (χ2n) is 5.16. The van der Waals surface area contributed by atoms with Gasteiger partial charge in [-0.15, -0.1) is 0 Å². The minimum atomic E-state index is -1.17. The third-order valence-corrected chi connectivity index (χ3v) is 3.95. The highest BCUT2D eigenvalue weighted by Crippen LogP contribution is 2.28. The van der Waals surface area contributed by atoms with Gasteiger partial charge in [0, 0.05) is 17.0 Å². The van der Waals surface area contributed by atoms with Gasteiger partial charge >= 0.3 is 0 Å². The van der Waals surface area contributed by atoms with Gasteiger partial charge in [0.15, 0.2) is 10.6 Å². The summed E-state index contributed by atoms with van der Waals surface area (Å²) in [6.45, 7) is 0.341. The number of ether oxygens (including phenoxy) is 1. The minimum Gasteiger partial charge on any atom is -0.487 e. The summed E-state index contributed by atoms with van der Waals surface area (Å²) in [5, 5.41) is 0.538. The molecule has 1 N–H and O–H groups in total. The first-order chi connectivity index (χ1) is 11.6. The summed E-state index contributed by atoms with van der Waals surface area (Å²) >= 11 is 11.4. The third kappa shape index (κ3) is 3.45. The molecule has 4 nitrogen and oxygen atoms in total. The van der Waals surface area contributed by atoms with Gasteiger partial charge in [-0.1, -0.05) is 53.5 Å². The zero-order valence-electron chi connectivity index (χ0n) is 12.5. The Labute approximate surface area is 148 Å². The lowest BCUT2D eigenvalue weighted by Crippen LogP contribution is -2.11. The van der Waals surface area contributed by atoms with Crippen LogP contribution >= 0.6 is 23.2 Å². The Morgan fingerprint density at radius 1 is 1.04 bits per heavy atom. The van der Waals surface area contributed by atoms with Crippen molar-refractivity contribution in [3.05, 3.63) is 76.1 Å². The molecule has 0 spiro atoms. The molecule has 0 radical (unpaired) electrons. The molecule has 0 atom stereocenters. The quantitative estimate of drug-likeness (QED) is 0.549. The van der Waals surface area contributed by atoms with E-state index in [-0.39, 0.29) is 5.56 Å². The van der Waals surface area contributed by atoms with Crippen LogP contribution < -0.4 is 10.3 Å². The number of ketones is 1. The Kier molecular flexibility index (Phi) is 4.88. The number of H-pyrrole nitrogens is 1. The van der Waals surface area contributed by atoms with Crippen LogP contribution in [0.25, 0.3) is 10.9 Å². The Bertz CT molecular complexity index is 936. The minimum absolute atomic E-state index is 0.287. The van der Waals surface area contributed by atoms with Crippen LogP contribution in [0.15, 0.2) is 59.4 Å². The summed E-state index contributed by atoms with van der Waals surface area (Å²) < 4.78 is 5.81. The average Bonchev–Trinajstić information content (AvgIpc) is 2.59. The summed E-state index contributed by atoms with van der Waals surface area (Å²) in [6, 6.07) is 15.8. The maximum absolute atomic E-state index is 12.1. The third-order valence-electron chi connectivity index (χ3n) is 3.56. The molecule has 6 heteroatoms. The first kappa shape index (κ1) is 16.6. The van der Waals surface area contributed by atoms with E-state index >= 15 is 0 Å². The highest BCUT2D eigenvalue weighted by molar-refractivity contribution is 6.55. The Morgan fingerprint density at radius 2 is 1.79 bits per heavy atom. The van der Waals surface area contributed by atoms with Crippen molar-refractivity contribution in [1.82, 2.24) is 4.98 Å². The second kappa shape index (κ2) is 7.07. The van der Waals surface area contributed by atoms with E-state index in [9.17, 15) is 9.59 Å². The Morgan fingerprint density at radius 3 is 2.50 bits per heavy atom. The number of halogens is 2. The van der Waals surface area contributed by atoms with Crippen molar-refractivity contribution in [3.63, 3.8) is 0 Å². The molecular formula is C18H13Cl2NO3. The predicted octanol–water partition coefficient (Wildman–Crippen LogP) is 4.09. The number of aromatic nitrogens is 1. The maximum atomic E-state index is 12.1. The number of aromatic amines is 1. The van der Waals surface area contributed by atoms with Crippen molar-refractivity contribution in [2.75, 3.05) is 0 Å². The Balaban J connectivity index is 2.03. The first-order valence-electron chi connectivity index (χ1n) is 7.21. The van der Waals surface area contributed by atoms with E-state index in [1.54, 1.807) is 18.2 Å². The van der Waals surface area contributed by atoms with Crippen molar-refractivity contribution in [1.29, 1.82) is 0 Å². The summed E-state index contributed by atoms with van der Waals surface area (Å²) in [7, 11) is 0. The van der Waals surface area contributed by atoms with Gasteiger partial charge in [0.25, 0.3) is 0 Å². The number of pyridine rings is 1. The number of carbonyl (C=O) groups is 1. The molecule has 24 heavy (non-hydrogen) atoms. The normalized spacial score (nSPS) is 11.0. The van der Waals surface area contributed by atoms with Gasteiger partial charge in [0.05, 0.1) is 5.52 Å².